The lowest BCUT2D eigenvalue weighted by molar-refractivity contribution is 0.257. The van der Waals surface area contributed by atoms with Gasteiger partial charge < -0.3 is 10.4 Å². The molecule has 0 amide bonds. The predicted molar refractivity (Wildman–Crippen MR) is 73.8 cm³/mol. The maximum absolute atomic E-state index is 8.96. The van der Waals surface area contributed by atoms with Crippen LogP contribution in [0.3, 0.4) is 0 Å². The lowest BCUT2D eigenvalue weighted by Crippen LogP contribution is -2.32. The van der Waals surface area contributed by atoms with Crippen molar-refractivity contribution in [3.63, 3.8) is 0 Å². The van der Waals surface area contributed by atoms with Gasteiger partial charge in [0.05, 0.1) is 10.0 Å². The second-order valence-electron chi connectivity index (χ2n) is 4.15. The zero-order chi connectivity index (χ0) is 12.8. The summed E-state index contributed by atoms with van der Waals surface area (Å²) in [5.41, 5.74) is 0.996. The van der Waals surface area contributed by atoms with Crippen LogP contribution >= 0.6 is 23.2 Å². The summed E-state index contributed by atoms with van der Waals surface area (Å²) >= 11 is 12.2. The van der Waals surface area contributed by atoms with E-state index in [1.807, 2.05) is 12.1 Å². The lowest BCUT2D eigenvalue weighted by atomic mass is 10.1. The summed E-state index contributed by atoms with van der Waals surface area (Å²) in [6.45, 7) is 4.35. The summed E-state index contributed by atoms with van der Waals surface area (Å²) in [5.74, 6) is 0. The Kier molecular flexibility index (Phi) is 6.28. The SMILES string of the molecule is CCC(CCO)NC(C)c1cccc(Cl)c1Cl. The molecule has 0 aromatic heterocycles. The minimum absolute atomic E-state index is 0.123. The zero-order valence-electron chi connectivity index (χ0n) is 10.2. The van der Waals surface area contributed by atoms with E-state index in [1.165, 1.54) is 0 Å². The van der Waals surface area contributed by atoms with Crippen molar-refractivity contribution < 1.29 is 5.11 Å². The summed E-state index contributed by atoms with van der Waals surface area (Å²) in [5, 5.41) is 13.6. The molecular weight excluding hydrogens is 257 g/mol. The third-order valence-corrected chi connectivity index (χ3v) is 3.74. The molecule has 1 aromatic carbocycles. The van der Waals surface area contributed by atoms with E-state index in [4.69, 9.17) is 28.3 Å². The Morgan fingerprint density at radius 1 is 1.35 bits per heavy atom. The minimum Gasteiger partial charge on any atom is -0.396 e. The fourth-order valence-electron chi connectivity index (χ4n) is 1.86. The van der Waals surface area contributed by atoms with Gasteiger partial charge in [0.1, 0.15) is 0 Å². The van der Waals surface area contributed by atoms with Crippen LogP contribution in [0.5, 0.6) is 0 Å². The fraction of sp³-hybridized carbons (Fsp3) is 0.538. The normalized spacial score (nSPS) is 14.6. The standard InChI is InChI=1S/C13H19Cl2NO/c1-3-10(7-8-17)16-9(2)11-5-4-6-12(14)13(11)15/h4-6,9-10,16-17H,3,7-8H2,1-2H3. The molecule has 1 rings (SSSR count). The van der Waals surface area contributed by atoms with Crippen molar-refractivity contribution in [1.29, 1.82) is 0 Å². The van der Waals surface area contributed by atoms with Gasteiger partial charge in [-0.3, -0.25) is 0 Å². The van der Waals surface area contributed by atoms with Gasteiger partial charge in [0.2, 0.25) is 0 Å². The summed E-state index contributed by atoms with van der Waals surface area (Å²) in [6.07, 6.45) is 1.72. The fourth-order valence-corrected chi connectivity index (χ4v) is 2.33. The zero-order valence-corrected chi connectivity index (χ0v) is 11.7. The summed E-state index contributed by atoms with van der Waals surface area (Å²) in [6, 6.07) is 6.07. The monoisotopic (exact) mass is 275 g/mol. The van der Waals surface area contributed by atoms with Crippen LogP contribution in [0.4, 0.5) is 0 Å². The first-order valence-corrected chi connectivity index (χ1v) is 6.66. The van der Waals surface area contributed by atoms with Gasteiger partial charge in [-0.1, -0.05) is 42.3 Å². The highest BCUT2D eigenvalue weighted by molar-refractivity contribution is 6.42. The Hall–Kier alpha value is -0.280. The second kappa shape index (κ2) is 7.22. The summed E-state index contributed by atoms with van der Waals surface area (Å²) in [7, 11) is 0. The molecule has 0 fully saturated rings. The van der Waals surface area contributed by atoms with Crippen molar-refractivity contribution in [2.45, 2.75) is 38.8 Å². The van der Waals surface area contributed by atoms with E-state index in [-0.39, 0.29) is 12.6 Å². The molecule has 0 saturated carbocycles. The molecule has 0 spiro atoms. The third-order valence-electron chi connectivity index (χ3n) is 2.90. The van der Waals surface area contributed by atoms with Gasteiger partial charge >= 0.3 is 0 Å². The largest absolute Gasteiger partial charge is 0.396 e. The Morgan fingerprint density at radius 2 is 2.06 bits per heavy atom. The molecule has 0 heterocycles. The minimum atomic E-state index is 0.123. The Labute approximate surface area is 113 Å². The van der Waals surface area contributed by atoms with Crippen LogP contribution in [-0.4, -0.2) is 17.8 Å². The van der Waals surface area contributed by atoms with E-state index in [2.05, 4.69) is 19.2 Å². The smallest absolute Gasteiger partial charge is 0.0639 e. The first-order valence-electron chi connectivity index (χ1n) is 5.91. The highest BCUT2D eigenvalue weighted by atomic mass is 35.5. The van der Waals surface area contributed by atoms with Crippen LogP contribution < -0.4 is 5.32 Å². The van der Waals surface area contributed by atoms with Gasteiger partial charge in [-0.2, -0.15) is 0 Å². The maximum Gasteiger partial charge on any atom is 0.0639 e. The maximum atomic E-state index is 8.96. The number of halogens is 2. The molecule has 2 nitrogen and oxygen atoms in total. The van der Waals surface area contributed by atoms with Crippen LogP contribution in [0.2, 0.25) is 10.0 Å². The van der Waals surface area contributed by atoms with Gasteiger partial charge in [-0.05, 0) is 31.4 Å². The van der Waals surface area contributed by atoms with E-state index in [9.17, 15) is 0 Å². The van der Waals surface area contributed by atoms with Gasteiger partial charge in [-0.15, -0.1) is 0 Å². The molecule has 0 aliphatic heterocycles. The number of nitrogens with one attached hydrogen (secondary N) is 1. The summed E-state index contributed by atoms with van der Waals surface area (Å²) < 4.78 is 0. The molecule has 4 heteroatoms. The lowest BCUT2D eigenvalue weighted by Gasteiger charge is -2.23. The molecule has 96 valence electrons. The molecule has 0 saturated heterocycles. The number of hydrogen-bond donors (Lipinski definition) is 2. The van der Waals surface area contributed by atoms with Gasteiger partial charge in [-0.25, -0.2) is 0 Å². The van der Waals surface area contributed by atoms with Crippen LogP contribution in [0.15, 0.2) is 18.2 Å². The average Bonchev–Trinajstić information content (AvgIpc) is 2.31. The first kappa shape index (κ1) is 14.8. The molecule has 2 atom stereocenters. The van der Waals surface area contributed by atoms with Crippen molar-refractivity contribution >= 4 is 23.2 Å². The number of hydrogen-bond acceptors (Lipinski definition) is 2. The Morgan fingerprint density at radius 3 is 2.65 bits per heavy atom. The molecule has 0 bridgehead atoms. The second-order valence-corrected chi connectivity index (χ2v) is 4.93. The highest BCUT2D eigenvalue weighted by Gasteiger charge is 2.15. The van der Waals surface area contributed by atoms with E-state index in [0.717, 1.165) is 18.4 Å². The predicted octanol–water partition coefficient (Wildman–Crippen LogP) is 3.81. The van der Waals surface area contributed by atoms with Gasteiger partial charge in [0.25, 0.3) is 0 Å². The average molecular weight is 276 g/mol. The van der Waals surface area contributed by atoms with E-state index >= 15 is 0 Å². The number of benzene rings is 1. The van der Waals surface area contributed by atoms with E-state index in [0.29, 0.717) is 16.1 Å². The molecule has 1 aromatic rings. The molecular formula is C13H19Cl2NO. The van der Waals surface area contributed by atoms with Crippen molar-refractivity contribution in [3.05, 3.63) is 33.8 Å². The van der Waals surface area contributed by atoms with Crippen molar-refractivity contribution in [2.24, 2.45) is 0 Å². The van der Waals surface area contributed by atoms with Crippen molar-refractivity contribution in [2.75, 3.05) is 6.61 Å². The highest BCUT2D eigenvalue weighted by Crippen LogP contribution is 2.30. The van der Waals surface area contributed by atoms with Gasteiger partial charge in [0.15, 0.2) is 0 Å². The molecule has 2 N–H and O–H groups in total. The van der Waals surface area contributed by atoms with E-state index < -0.39 is 0 Å². The molecule has 17 heavy (non-hydrogen) atoms. The van der Waals surface area contributed by atoms with Crippen molar-refractivity contribution in [3.8, 4) is 0 Å². The van der Waals surface area contributed by atoms with Crippen molar-refractivity contribution in [1.82, 2.24) is 5.32 Å². The Bertz CT molecular complexity index is 357. The third kappa shape index (κ3) is 4.14. The molecule has 0 aliphatic carbocycles. The van der Waals surface area contributed by atoms with Crippen LogP contribution in [0.25, 0.3) is 0 Å². The molecule has 0 aliphatic rings. The first-order chi connectivity index (χ1) is 8.10. The number of aliphatic hydroxyl groups excluding tert-OH is 1. The molecule has 2 unspecified atom stereocenters. The van der Waals surface area contributed by atoms with Crippen LogP contribution in [0, 0.1) is 0 Å². The topological polar surface area (TPSA) is 32.3 Å². The van der Waals surface area contributed by atoms with Gasteiger partial charge in [0, 0.05) is 18.7 Å². The van der Waals surface area contributed by atoms with Crippen LogP contribution in [0.1, 0.15) is 38.3 Å². The summed E-state index contributed by atoms with van der Waals surface area (Å²) in [4.78, 5) is 0. The number of aliphatic hydroxyl groups is 1. The molecule has 0 radical (unpaired) electrons. The quantitative estimate of drug-likeness (QED) is 0.828. The Balaban J connectivity index is 2.75. The van der Waals surface area contributed by atoms with Crippen LogP contribution in [-0.2, 0) is 0 Å². The number of rotatable bonds is 6. The van der Waals surface area contributed by atoms with E-state index in [1.54, 1.807) is 6.07 Å².